The number of hydrogen-bond acceptors (Lipinski definition) is 28. The predicted octanol–water partition coefficient (Wildman–Crippen LogP) is -12.4. The van der Waals surface area contributed by atoms with Gasteiger partial charge in [0, 0.05) is 58.3 Å². The third-order valence-electron chi connectivity index (χ3n) is 22.9. The van der Waals surface area contributed by atoms with Crippen molar-refractivity contribution in [3.05, 3.63) is 18.2 Å². The van der Waals surface area contributed by atoms with Crippen LogP contribution in [0.4, 0.5) is 0 Å². The van der Waals surface area contributed by atoms with Crippen LogP contribution in [0.25, 0.3) is 0 Å². The Labute approximate surface area is 764 Å². The minimum Gasteiger partial charge on any atom is -0.481 e. The van der Waals surface area contributed by atoms with Gasteiger partial charge >= 0.3 is 11.9 Å². The molecule has 736 valence electrons. The summed E-state index contributed by atoms with van der Waals surface area (Å²) >= 11 is 0. The number of carboxylic acid groups (broad SMARTS) is 2. The van der Waals surface area contributed by atoms with Gasteiger partial charge in [-0.3, -0.25) is 106 Å². The molecule has 5 fully saturated rings. The van der Waals surface area contributed by atoms with Crippen molar-refractivity contribution in [3.8, 4) is 12.3 Å². The number of nitrogens with zero attached hydrogens (tertiary/aromatic N) is 6. The van der Waals surface area contributed by atoms with Gasteiger partial charge in [0.15, 0.2) is 5.96 Å². The van der Waals surface area contributed by atoms with Gasteiger partial charge in [-0.05, 0) is 125 Å². The Balaban J connectivity index is 1.01. The van der Waals surface area contributed by atoms with Crippen molar-refractivity contribution in [3.63, 3.8) is 0 Å². The van der Waals surface area contributed by atoms with Crippen LogP contribution in [0.1, 0.15) is 151 Å². The number of terminal acetylenes is 1. The summed E-state index contributed by atoms with van der Waals surface area (Å²) in [5, 5.41) is 105. The molecule has 0 bridgehead atoms. The first-order chi connectivity index (χ1) is 62.7. The summed E-state index contributed by atoms with van der Waals surface area (Å²) in [6, 6.07) is -26.5. The van der Waals surface area contributed by atoms with Crippen LogP contribution in [-0.4, -0.2) is 382 Å². The lowest BCUT2D eigenvalue weighted by molar-refractivity contribution is -0.148. The van der Waals surface area contributed by atoms with Gasteiger partial charge < -0.3 is 151 Å². The molecule has 0 saturated carbocycles. The van der Waals surface area contributed by atoms with Gasteiger partial charge in [-0.1, -0.05) is 13.8 Å². The van der Waals surface area contributed by atoms with E-state index in [0.29, 0.717) is 18.5 Å². The number of nitrogens with one attached hydrogen (secondary N) is 17. The van der Waals surface area contributed by atoms with Crippen LogP contribution in [0.15, 0.2) is 12.5 Å². The summed E-state index contributed by atoms with van der Waals surface area (Å²) in [5.41, 5.74) is 11.9. The number of H-pyrrole nitrogens is 1. The molecule has 0 spiro atoms. The molecule has 1 aromatic heterocycles. The number of hydrogen-bond donors (Lipinski definition) is 25. The van der Waals surface area contributed by atoms with E-state index in [9.17, 15) is 131 Å². The summed E-state index contributed by atoms with van der Waals surface area (Å²) in [5.74, 6) is -19.7. The second-order valence-electron chi connectivity index (χ2n) is 33.5. The Bertz CT molecular complexity index is 4450. The van der Waals surface area contributed by atoms with Crippen molar-refractivity contribution in [2.75, 3.05) is 65.6 Å². The maximum atomic E-state index is 14.7. The standard InChI is InChI=1S/C81H125N25O27/c1-10-17-47(95-72(124)60(38(2)3)99-58(112)34-87-63(115)46(82)30-45-32-85-37-89-45)64(116)98-51(36-108)66(118)90-39(4)75(127)103-26-13-22-55(103)71(123)97-49(31-59(113)114)65(117)100-62(44(9)110)74(126)96-48(18-11-24-86-81(83)84)78(130)104-27-14-20-53(104)69(121)91-40(5)76(128)102-25-12-19-52(102)68(120)88-33-57(111)94-50(35-107)67(119)101-61(43(8)109)73(125)92-41(6)77(129)106-29-16-23-56(106)79(131)105-28-15-21-54(105)70(122)93-42(7)80(132)133/h1,32,37-44,46-56,60-62,107-110H,11-31,33-36,82H2,2-9H3,(H,85,89)(H,87,115)(H,88,120)(H,90,118)(H,91,121)(H,92,125)(H,93,122)(H,94,111)(H,95,124)(H,96,126)(H,97,123)(H,98,116)(H,99,112)(H,100,117)(H,101,119)(H,113,114)(H,132,133)(H4,83,84,86)/t39-,40-,41-,42-,43+,44+,46-,47-,48-,49-,50-,51-,52-,53-,54-,55-,56-,60-,61-,62-/m0/s1. The molecule has 5 saturated heterocycles. The molecule has 0 aromatic carbocycles. The Morgan fingerprint density at radius 3 is 1.36 bits per heavy atom. The first-order valence-corrected chi connectivity index (χ1v) is 43.7. The third-order valence-corrected chi connectivity index (χ3v) is 22.9. The van der Waals surface area contributed by atoms with Crippen LogP contribution >= 0.6 is 0 Å². The summed E-state index contributed by atoms with van der Waals surface area (Å²) in [6.07, 6.45) is 5.01. The number of aliphatic carboxylic acids is 2. The van der Waals surface area contributed by atoms with Crippen molar-refractivity contribution < 1.29 is 131 Å². The number of aromatic amines is 1. The Morgan fingerprint density at radius 2 is 0.872 bits per heavy atom. The van der Waals surface area contributed by atoms with Crippen molar-refractivity contribution in [1.29, 1.82) is 5.41 Å². The zero-order valence-electron chi connectivity index (χ0n) is 75.1. The second kappa shape index (κ2) is 51.5. The molecule has 5 aliphatic rings. The molecule has 6 rings (SSSR count). The molecule has 6 heterocycles. The predicted molar refractivity (Wildman–Crippen MR) is 461 cm³/mol. The van der Waals surface area contributed by atoms with Gasteiger partial charge in [0.05, 0.1) is 63.0 Å². The van der Waals surface area contributed by atoms with Crippen LogP contribution in [0.2, 0.25) is 0 Å². The summed E-state index contributed by atoms with van der Waals surface area (Å²) in [4.78, 5) is 297. The number of nitrogens with two attached hydrogens (primary N) is 2. The van der Waals surface area contributed by atoms with Gasteiger partial charge in [0.25, 0.3) is 0 Å². The number of aliphatic hydroxyl groups excluding tert-OH is 4. The Hall–Kier alpha value is -13.3. The van der Waals surface area contributed by atoms with E-state index in [2.05, 4.69) is 95.6 Å². The number of rotatable bonds is 48. The molecule has 133 heavy (non-hydrogen) atoms. The Morgan fingerprint density at radius 1 is 0.466 bits per heavy atom. The lowest BCUT2D eigenvalue weighted by atomic mass is 10.0. The molecule has 0 aliphatic carbocycles. The minimum absolute atomic E-state index is 0.00344. The van der Waals surface area contributed by atoms with Crippen molar-refractivity contribution >= 4 is 130 Å². The third kappa shape index (κ3) is 31.2. The van der Waals surface area contributed by atoms with Crippen LogP contribution < -0.4 is 91.2 Å². The number of amides is 19. The zero-order valence-corrected chi connectivity index (χ0v) is 75.1. The van der Waals surface area contributed by atoms with Crippen molar-refractivity contribution in [2.45, 2.75) is 273 Å². The number of aliphatic hydroxyl groups is 4. The topological polar surface area (TPSA) is 781 Å². The fourth-order valence-electron chi connectivity index (χ4n) is 15.7. The quantitative estimate of drug-likeness (QED) is 0.0125. The number of carbonyl (C=O) groups is 21. The van der Waals surface area contributed by atoms with Crippen LogP contribution in [0.5, 0.6) is 0 Å². The molecule has 20 atom stereocenters. The van der Waals surface area contributed by atoms with Gasteiger partial charge in [0.1, 0.15) is 103 Å². The van der Waals surface area contributed by atoms with E-state index < -0.39 is 296 Å². The van der Waals surface area contributed by atoms with Crippen LogP contribution in [0, 0.1) is 23.7 Å². The molecular weight excluding hydrogens is 1760 g/mol. The number of aromatic nitrogens is 2. The molecule has 0 unspecified atom stereocenters. The lowest BCUT2D eigenvalue weighted by Gasteiger charge is -2.33. The van der Waals surface area contributed by atoms with E-state index >= 15 is 0 Å². The highest BCUT2D eigenvalue weighted by Gasteiger charge is 2.48. The van der Waals surface area contributed by atoms with Crippen molar-refractivity contribution in [2.24, 2.45) is 17.4 Å². The average Bonchev–Trinajstić information content (AvgIpc) is 1.63. The minimum atomic E-state index is -2.04. The van der Waals surface area contributed by atoms with E-state index in [0.717, 1.165) is 28.5 Å². The van der Waals surface area contributed by atoms with Gasteiger partial charge in [0.2, 0.25) is 112 Å². The number of carboxylic acids is 2. The monoisotopic (exact) mass is 1880 g/mol. The smallest absolute Gasteiger partial charge is 0.325 e. The first kappa shape index (κ1) is 108. The van der Waals surface area contributed by atoms with Gasteiger partial charge in [-0.25, -0.2) is 4.98 Å². The number of guanidine groups is 1. The van der Waals surface area contributed by atoms with E-state index in [1.54, 1.807) is 13.8 Å². The summed E-state index contributed by atoms with van der Waals surface area (Å²) < 4.78 is 0. The van der Waals surface area contributed by atoms with E-state index in [4.69, 9.17) is 23.3 Å². The fraction of sp³-hybridized carbons (Fsp3) is 0.667. The maximum absolute atomic E-state index is 14.7. The molecule has 27 N–H and O–H groups in total. The van der Waals surface area contributed by atoms with Crippen LogP contribution in [-0.2, 0) is 107 Å². The number of imidazole rings is 1. The summed E-state index contributed by atoms with van der Waals surface area (Å²) in [7, 11) is 0. The molecule has 52 nitrogen and oxygen atoms in total. The largest absolute Gasteiger partial charge is 0.481 e. The average molecular weight is 1880 g/mol. The number of likely N-dealkylation sites (tertiary alicyclic amines) is 5. The van der Waals surface area contributed by atoms with E-state index in [-0.39, 0.29) is 110 Å². The first-order valence-electron chi connectivity index (χ1n) is 43.7. The molecule has 1 aromatic rings. The van der Waals surface area contributed by atoms with Gasteiger partial charge in [-0.15, -0.1) is 12.3 Å². The van der Waals surface area contributed by atoms with Gasteiger partial charge in [-0.2, -0.15) is 0 Å². The van der Waals surface area contributed by atoms with E-state index in [1.165, 1.54) is 50.0 Å². The molecule has 5 aliphatic heterocycles. The highest BCUT2D eigenvalue weighted by atomic mass is 16.4. The fourth-order valence-corrected chi connectivity index (χ4v) is 15.7. The number of carbonyl (C=O) groups excluding carboxylic acids is 19. The van der Waals surface area contributed by atoms with E-state index in [1.807, 2.05) is 0 Å². The highest BCUT2D eigenvalue weighted by Crippen LogP contribution is 2.28. The lowest BCUT2D eigenvalue weighted by Crippen LogP contribution is -2.62. The normalized spacial score (nSPS) is 20.3. The second-order valence-corrected chi connectivity index (χ2v) is 33.5. The SMILES string of the molecule is C#CC[C@H](NC(=O)[C@@H](NC(=O)CNC(=O)[C@@H](N)Cc1c[nH]cn1)C(C)C)C(=O)N[C@@H](CO)C(=O)N[C@@H](C)C(=O)N1CCC[C@H]1C(=O)N[C@@H](CC(=O)O)C(=O)N[C@H](C(=O)N[C@@H](CCCNC(=N)N)C(=O)N1CCC[C@H]1C(=O)N[C@@H](C)C(=O)N1CCC[C@H]1C(=O)NCC(=O)N[C@@H](CO)C(=O)N[C@H](C(=O)N[C@@H](C)C(=O)N1CCC[C@H]1C(=O)N1CCC[C@H]1C(=O)N[C@@H](C)C(=O)O)[C@@H](C)O)[C@@H](C)O. The molecule has 0 radical (unpaired) electrons. The summed E-state index contributed by atoms with van der Waals surface area (Å²) in [6.45, 7) is 6.73. The zero-order chi connectivity index (χ0) is 99.1. The molecular formula is C81H125N25O27. The van der Waals surface area contributed by atoms with Crippen LogP contribution in [0.3, 0.4) is 0 Å². The Kier molecular flexibility index (Phi) is 42.0. The molecule has 19 amide bonds. The highest BCUT2D eigenvalue weighted by molar-refractivity contribution is 6.03. The van der Waals surface area contributed by atoms with Crippen molar-refractivity contribution in [1.82, 2.24) is 114 Å². The molecule has 52 heteroatoms. The maximum Gasteiger partial charge on any atom is 0.325 e.